The summed E-state index contributed by atoms with van der Waals surface area (Å²) in [6, 6.07) is 18.9. The highest BCUT2D eigenvalue weighted by Gasteiger charge is 2.16. The molecular weight excluding hydrogens is 441 g/mol. The number of likely N-dealkylation sites (tertiary alicyclic amines) is 1. The molecule has 1 aliphatic heterocycles. The molecule has 0 unspecified atom stereocenters. The van der Waals surface area contributed by atoms with Gasteiger partial charge in [0.05, 0.1) is 4.90 Å². The van der Waals surface area contributed by atoms with Crippen LogP contribution >= 0.6 is 0 Å². The Hall–Kier alpha value is -3.23. The topological polar surface area (TPSA) is 78.5 Å². The van der Waals surface area contributed by atoms with Gasteiger partial charge < -0.3 is 5.32 Å². The molecule has 0 aromatic heterocycles. The van der Waals surface area contributed by atoms with E-state index in [1.54, 1.807) is 12.1 Å². The molecule has 8 heteroatoms. The van der Waals surface area contributed by atoms with Crippen molar-refractivity contribution < 1.29 is 17.6 Å². The molecule has 0 radical (unpaired) electrons. The van der Waals surface area contributed by atoms with Crippen LogP contribution in [0.1, 0.15) is 34.3 Å². The van der Waals surface area contributed by atoms with Crippen LogP contribution in [0, 0.1) is 5.82 Å². The number of halogens is 1. The van der Waals surface area contributed by atoms with Crippen LogP contribution in [0.3, 0.4) is 0 Å². The number of sulfonamides is 1. The van der Waals surface area contributed by atoms with Crippen LogP contribution in [0.5, 0.6) is 0 Å². The Bertz CT molecular complexity index is 1210. The maximum atomic E-state index is 13.1. The lowest BCUT2D eigenvalue weighted by Crippen LogP contribution is -2.25. The Balaban J connectivity index is 1.37. The fourth-order valence-corrected chi connectivity index (χ4v) is 4.92. The average molecular weight is 468 g/mol. The molecule has 33 heavy (non-hydrogen) atoms. The number of hydrogen-bond acceptors (Lipinski definition) is 4. The molecule has 1 heterocycles. The van der Waals surface area contributed by atoms with Crippen molar-refractivity contribution in [2.24, 2.45) is 0 Å². The molecule has 1 aliphatic rings. The number of nitrogens with one attached hydrogen (secondary N) is 2. The Labute approximate surface area is 193 Å². The van der Waals surface area contributed by atoms with Gasteiger partial charge in [0.25, 0.3) is 15.9 Å². The molecule has 3 aromatic carbocycles. The number of carbonyl (C=O) groups is 1. The minimum atomic E-state index is -3.85. The van der Waals surface area contributed by atoms with Crippen molar-refractivity contribution in [3.05, 3.63) is 95.3 Å². The van der Waals surface area contributed by atoms with E-state index < -0.39 is 15.8 Å². The van der Waals surface area contributed by atoms with Gasteiger partial charge in [0.15, 0.2) is 0 Å². The SMILES string of the molecule is O=C(NCc1ccccc1CN1CCCC1)c1ccc(NS(=O)(=O)c2ccc(F)cc2)cc1. The van der Waals surface area contributed by atoms with Gasteiger partial charge in [0, 0.05) is 24.3 Å². The third-order valence-corrected chi connectivity index (χ3v) is 7.07. The number of hydrogen-bond donors (Lipinski definition) is 2. The summed E-state index contributed by atoms with van der Waals surface area (Å²) in [4.78, 5) is 15.0. The first kappa shape index (κ1) is 22.9. The zero-order valence-electron chi connectivity index (χ0n) is 18.1. The Morgan fingerprint density at radius 2 is 1.52 bits per heavy atom. The van der Waals surface area contributed by atoms with Gasteiger partial charge in [0.1, 0.15) is 5.82 Å². The molecule has 0 spiro atoms. The first-order valence-electron chi connectivity index (χ1n) is 10.9. The Kier molecular flexibility index (Phi) is 7.05. The van der Waals surface area contributed by atoms with Crippen molar-refractivity contribution in [2.45, 2.75) is 30.8 Å². The fourth-order valence-electron chi connectivity index (χ4n) is 3.86. The number of nitrogens with zero attached hydrogens (tertiary/aromatic N) is 1. The summed E-state index contributed by atoms with van der Waals surface area (Å²) in [5, 5.41) is 2.95. The van der Waals surface area contributed by atoms with Crippen LogP contribution in [0.4, 0.5) is 10.1 Å². The number of carbonyl (C=O) groups excluding carboxylic acids is 1. The lowest BCUT2D eigenvalue weighted by atomic mass is 10.1. The summed E-state index contributed by atoms with van der Waals surface area (Å²) in [6.45, 7) is 3.52. The molecule has 6 nitrogen and oxygen atoms in total. The van der Waals surface area contributed by atoms with E-state index >= 15 is 0 Å². The van der Waals surface area contributed by atoms with Crippen LogP contribution in [-0.4, -0.2) is 32.3 Å². The van der Waals surface area contributed by atoms with Crippen LogP contribution in [0.25, 0.3) is 0 Å². The van der Waals surface area contributed by atoms with Crippen molar-refractivity contribution in [3.8, 4) is 0 Å². The summed E-state index contributed by atoms with van der Waals surface area (Å²) in [5.41, 5.74) is 3.04. The summed E-state index contributed by atoms with van der Waals surface area (Å²) >= 11 is 0. The van der Waals surface area contributed by atoms with Crippen LogP contribution in [-0.2, 0) is 23.1 Å². The molecule has 0 atom stereocenters. The van der Waals surface area contributed by atoms with E-state index in [9.17, 15) is 17.6 Å². The molecular formula is C25H26FN3O3S. The van der Waals surface area contributed by atoms with Gasteiger partial charge in [-0.05, 0) is 85.6 Å². The molecule has 0 saturated carbocycles. The number of anilines is 1. The molecule has 4 rings (SSSR count). The molecule has 1 fully saturated rings. The van der Waals surface area contributed by atoms with Gasteiger partial charge >= 0.3 is 0 Å². The lowest BCUT2D eigenvalue weighted by Gasteiger charge is -2.17. The van der Waals surface area contributed by atoms with E-state index in [2.05, 4.69) is 21.0 Å². The number of rotatable bonds is 8. The highest BCUT2D eigenvalue weighted by Crippen LogP contribution is 2.18. The van der Waals surface area contributed by atoms with Gasteiger partial charge in [-0.15, -0.1) is 0 Å². The minimum absolute atomic E-state index is 0.0432. The van der Waals surface area contributed by atoms with Crippen LogP contribution in [0.15, 0.2) is 77.7 Å². The molecule has 0 aliphatic carbocycles. The molecule has 2 N–H and O–H groups in total. The maximum Gasteiger partial charge on any atom is 0.261 e. The monoisotopic (exact) mass is 467 g/mol. The van der Waals surface area contributed by atoms with Gasteiger partial charge in [-0.3, -0.25) is 14.4 Å². The van der Waals surface area contributed by atoms with Gasteiger partial charge in [-0.1, -0.05) is 24.3 Å². The Morgan fingerprint density at radius 1 is 0.879 bits per heavy atom. The van der Waals surface area contributed by atoms with Crippen LogP contribution < -0.4 is 10.0 Å². The number of amides is 1. The van der Waals surface area contributed by atoms with E-state index in [1.807, 2.05) is 18.2 Å². The van der Waals surface area contributed by atoms with Crippen molar-refractivity contribution in [2.75, 3.05) is 17.8 Å². The summed E-state index contributed by atoms with van der Waals surface area (Å²) < 4.78 is 40.3. The maximum absolute atomic E-state index is 13.1. The summed E-state index contributed by atoms with van der Waals surface area (Å²) in [7, 11) is -3.85. The third kappa shape index (κ3) is 5.97. The summed E-state index contributed by atoms with van der Waals surface area (Å²) in [5.74, 6) is -0.748. The molecule has 1 saturated heterocycles. The highest BCUT2D eigenvalue weighted by molar-refractivity contribution is 7.92. The largest absolute Gasteiger partial charge is 0.348 e. The van der Waals surface area contributed by atoms with Crippen molar-refractivity contribution >= 4 is 21.6 Å². The van der Waals surface area contributed by atoms with E-state index in [1.165, 1.54) is 42.7 Å². The molecule has 1 amide bonds. The lowest BCUT2D eigenvalue weighted by molar-refractivity contribution is 0.0950. The third-order valence-electron chi connectivity index (χ3n) is 5.67. The number of benzene rings is 3. The second-order valence-electron chi connectivity index (χ2n) is 8.07. The van der Waals surface area contributed by atoms with E-state index in [0.717, 1.165) is 37.3 Å². The normalized spacial score (nSPS) is 14.2. The average Bonchev–Trinajstić information content (AvgIpc) is 3.32. The van der Waals surface area contributed by atoms with Crippen LogP contribution in [0.2, 0.25) is 0 Å². The summed E-state index contributed by atoms with van der Waals surface area (Å²) in [6.07, 6.45) is 2.46. The molecule has 3 aromatic rings. The van der Waals surface area contributed by atoms with Crippen molar-refractivity contribution in [3.63, 3.8) is 0 Å². The predicted octanol–water partition coefficient (Wildman–Crippen LogP) is 4.15. The second kappa shape index (κ2) is 10.1. The Morgan fingerprint density at radius 3 is 2.18 bits per heavy atom. The van der Waals surface area contributed by atoms with Crippen molar-refractivity contribution in [1.29, 1.82) is 0 Å². The first-order chi connectivity index (χ1) is 15.9. The standard InChI is InChI=1S/C25H26FN3O3S/c26-22-9-13-24(14-10-22)33(31,32)28-23-11-7-19(8-12-23)25(30)27-17-20-5-1-2-6-21(20)18-29-15-3-4-16-29/h1-2,5-14,28H,3-4,15-18H2,(H,27,30). The van der Waals surface area contributed by atoms with Gasteiger partial charge in [0.2, 0.25) is 0 Å². The zero-order valence-corrected chi connectivity index (χ0v) is 18.9. The molecule has 0 bridgehead atoms. The fraction of sp³-hybridized carbons (Fsp3) is 0.240. The first-order valence-corrected chi connectivity index (χ1v) is 12.3. The second-order valence-corrected chi connectivity index (χ2v) is 9.75. The minimum Gasteiger partial charge on any atom is -0.348 e. The van der Waals surface area contributed by atoms with Gasteiger partial charge in [-0.2, -0.15) is 0 Å². The molecule has 172 valence electrons. The van der Waals surface area contributed by atoms with E-state index in [0.29, 0.717) is 17.8 Å². The quantitative estimate of drug-likeness (QED) is 0.522. The van der Waals surface area contributed by atoms with Gasteiger partial charge in [-0.25, -0.2) is 12.8 Å². The van der Waals surface area contributed by atoms with E-state index in [4.69, 9.17) is 0 Å². The van der Waals surface area contributed by atoms with E-state index in [-0.39, 0.29) is 10.8 Å². The highest BCUT2D eigenvalue weighted by atomic mass is 32.2. The van der Waals surface area contributed by atoms with Crippen molar-refractivity contribution in [1.82, 2.24) is 10.2 Å². The zero-order chi connectivity index (χ0) is 23.3. The predicted molar refractivity (Wildman–Crippen MR) is 126 cm³/mol. The smallest absolute Gasteiger partial charge is 0.261 e.